The first-order valence-corrected chi connectivity index (χ1v) is 7.03. The predicted molar refractivity (Wildman–Crippen MR) is 85.2 cm³/mol. The number of pyridine rings is 1. The molecule has 0 spiro atoms. The molecule has 2 aromatic heterocycles. The first-order valence-electron chi connectivity index (χ1n) is 7.03. The number of nitrogens with zero attached hydrogens (tertiary/aromatic N) is 2. The molecule has 0 saturated heterocycles. The van der Waals surface area contributed by atoms with Crippen LogP contribution in [0.4, 0.5) is 0 Å². The fourth-order valence-electron chi connectivity index (χ4n) is 2.30. The number of hydrogen-bond donors (Lipinski definition) is 2. The molecule has 5 heteroatoms. The lowest BCUT2D eigenvalue weighted by molar-refractivity contribution is 0.704. The minimum absolute atomic E-state index is 0.191. The predicted octanol–water partition coefficient (Wildman–Crippen LogP) is 2.07. The Balaban J connectivity index is 1.89. The summed E-state index contributed by atoms with van der Waals surface area (Å²) in [5, 5.41) is 0. The van der Waals surface area contributed by atoms with Crippen LogP contribution in [0.2, 0.25) is 0 Å². The van der Waals surface area contributed by atoms with Crippen LogP contribution in [0.15, 0.2) is 65.7 Å². The summed E-state index contributed by atoms with van der Waals surface area (Å²) in [5.41, 5.74) is 8.47. The van der Waals surface area contributed by atoms with E-state index in [1.54, 1.807) is 18.5 Å². The Labute approximate surface area is 127 Å². The number of hydrogen-bond acceptors (Lipinski definition) is 4. The first kappa shape index (κ1) is 14.2. The van der Waals surface area contributed by atoms with Crippen LogP contribution < -0.4 is 11.3 Å². The Morgan fingerprint density at radius 2 is 1.95 bits per heavy atom. The highest BCUT2D eigenvalue weighted by molar-refractivity contribution is 5.52. The van der Waals surface area contributed by atoms with Crippen LogP contribution in [0.5, 0.6) is 0 Å². The molecule has 3 aromatic rings. The summed E-state index contributed by atoms with van der Waals surface area (Å²) in [6.45, 7) is 0. The molecule has 0 aliphatic rings. The van der Waals surface area contributed by atoms with Gasteiger partial charge in [0.1, 0.15) is 5.82 Å². The van der Waals surface area contributed by atoms with Crippen LogP contribution in [0.25, 0.3) is 11.4 Å². The van der Waals surface area contributed by atoms with Gasteiger partial charge in [0, 0.05) is 36.5 Å². The van der Waals surface area contributed by atoms with Gasteiger partial charge in [-0.25, -0.2) is 4.98 Å². The molecule has 1 unspecified atom stereocenters. The van der Waals surface area contributed by atoms with Crippen molar-refractivity contribution in [2.75, 3.05) is 0 Å². The second kappa shape index (κ2) is 6.32. The number of benzene rings is 1. The van der Waals surface area contributed by atoms with Crippen molar-refractivity contribution in [2.24, 2.45) is 5.73 Å². The van der Waals surface area contributed by atoms with E-state index >= 15 is 0 Å². The van der Waals surface area contributed by atoms with Crippen molar-refractivity contribution in [1.82, 2.24) is 15.0 Å². The Hall–Kier alpha value is -2.79. The Bertz CT molecular complexity index is 800. The lowest BCUT2D eigenvalue weighted by atomic mass is 10.0. The van der Waals surface area contributed by atoms with Crippen LogP contribution >= 0.6 is 0 Å². The summed E-state index contributed by atoms with van der Waals surface area (Å²) < 4.78 is 0. The lowest BCUT2D eigenvalue weighted by Gasteiger charge is -2.12. The van der Waals surface area contributed by atoms with Gasteiger partial charge in [0.05, 0.1) is 5.69 Å². The normalized spacial score (nSPS) is 12.0. The second-order valence-electron chi connectivity index (χ2n) is 5.05. The maximum absolute atomic E-state index is 11.8. The summed E-state index contributed by atoms with van der Waals surface area (Å²) in [6, 6.07) is 14.7. The van der Waals surface area contributed by atoms with E-state index in [2.05, 4.69) is 15.0 Å². The van der Waals surface area contributed by atoms with Gasteiger partial charge in [0.15, 0.2) is 0 Å². The van der Waals surface area contributed by atoms with Gasteiger partial charge >= 0.3 is 0 Å². The Kier molecular flexibility index (Phi) is 4.07. The molecular formula is C17H16N4O. The highest BCUT2D eigenvalue weighted by Crippen LogP contribution is 2.16. The van der Waals surface area contributed by atoms with Crippen LogP contribution in [-0.2, 0) is 6.42 Å². The Morgan fingerprint density at radius 3 is 2.68 bits per heavy atom. The van der Waals surface area contributed by atoms with Gasteiger partial charge in [-0.15, -0.1) is 0 Å². The van der Waals surface area contributed by atoms with Crippen molar-refractivity contribution >= 4 is 0 Å². The number of aromatic amines is 1. The zero-order valence-electron chi connectivity index (χ0n) is 11.9. The summed E-state index contributed by atoms with van der Waals surface area (Å²) in [5.74, 6) is 0.510. The topological polar surface area (TPSA) is 84.7 Å². The van der Waals surface area contributed by atoms with Gasteiger partial charge in [-0.1, -0.05) is 30.3 Å². The minimum Gasteiger partial charge on any atom is -0.324 e. The molecule has 0 radical (unpaired) electrons. The van der Waals surface area contributed by atoms with E-state index in [4.69, 9.17) is 5.73 Å². The van der Waals surface area contributed by atoms with Gasteiger partial charge in [-0.3, -0.25) is 9.78 Å². The number of nitrogens with two attached hydrogens (primary N) is 1. The van der Waals surface area contributed by atoms with Crippen molar-refractivity contribution < 1.29 is 0 Å². The largest absolute Gasteiger partial charge is 0.324 e. The zero-order chi connectivity index (χ0) is 15.4. The van der Waals surface area contributed by atoms with E-state index in [0.29, 0.717) is 17.9 Å². The van der Waals surface area contributed by atoms with Gasteiger partial charge in [-0.05, 0) is 17.7 Å². The number of rotatable bonds is 4. The molecule has 3 N–H and O–H groups in total. The molecule has 0 aliphatic heterocycles. The third kappa shape index (κ3) is 3.27. The van der Waals surface area contributed by atoms with E-state index < -0.39 is 0 Å². The molecule has 0 saturated carbocycles. The van der Waals surface area contributed by atoms with Gasteiger partial charge < -0.3 is 10.7 Å². The zero-order valence-corrected chi connectivity index (χ0v) is 11.9. The smallest absolute Gasteiger partial charge is 0.251 e. The van der Waals surface area contributed by atoms with E-state index in [-0.39, 0.29) is 11.6 Å². The number of H-pyrrole nitrogens is 1. The average molecular weight is 292 g/mol. The van der Waals surface area contributed by atoms with Crippen LogP contribution in [0, 0.1) is 0 Å². The molecule has 1 aromatic carbocycles. The molecule has 0 bridgehead atoms. The SMILES string of the molecule is NC(Cc1cc(=O)[nH]c(-c2cccnc2)n1)c1ccccc1. The molecule has 2 heterocycles. The second-order valence-corrected chi connectivity index (χ2v) is 5.05. The van der Waals surface area contributed by atoms with Crippen molar-refractivity contribution in [1.29, 1.82) is 0 Å². The number of nitrogens with one attached hydrogen (secondary N) is 1. The quantitative estimate of drug-likeness (QED) is 0.771. The molecule has 110 valence electrons. The van der Waals surface area contributed by atoms with E-state index in [1.807, 2.05) is 36.4 Å². The van der Waals surface area contributed by atoms with Crippen molar-refractivity contribution in [3.05, 3.63) is 82.5 Å². The average Bonchev–Trinajstić information content (AvgIpc) is 2.56. The summed E-state index contributed by atoms with van der Waals surface area (Å²) in [6.07, 6.45) is 3.84. The first-order chi connectivity index (χ1) is 10.7. The van der Waals surface area contributed by atoms with Gasteiger partial charge in [0.2, 0.25) is 0 Å². The molecule has 0 aliphatic carbocycles. The highest BCUT2D eigenvalue weighted by Gasteiger charge is 2.10. The summed E-state index contributed by atoms with van der Waals surface area (Å²) >= 11 is 0. The minimum atomic E-state index is -0.197. The van der Waals surface area contributed by atoms with E-state index in [9.17, 15) is 4.79 Å². The third-order valence-corrected chi connectivity index (χ3v) is 3.39. The summed E-state index contributed by atoms with van der Waals surface area (Å²) in [7, 11) is 0. The van der Waals surface area contributed by atoms with Crippen LogP contribution in [0.3, 0.4) is 0 Å². The van der Waals surface area contributed by atoms with Gasteiger partial charge in [0.25, 0.3) is 5.56 Å². The molecule has 0 fully saturated rings. The third-order valence-electron chi connectivity index (χ3n) is 3.39. The molecular weight excluding hydrogens is 276 g/mol. The van der Waals surface area contributed by atoms with Crippen LogP contribution in [-0.4, -0.2) is 15.0 Å². The van der Waals surface area contributed by atoms with Crippen molar-refractivity contribution in [2.45, 2.75) is 12.5 Å². The van der Waals surface area contributed by atoms with Gasteiger partial charge in [-0.2, -0.15) is 0 Å². The fraction of sp³-hybridized carbons (Fsp3) is 0.118. The molecule has 0 amide bonds. The van der Waals surface area contributed by atoms with Crippen molar-refractivity contribution in [3.8, 4) is 11.4 Å². The Morgan fingerprint density at radius 1 is 1.14 bits per heavy atom. The van der Waals surface area contributed by atoms with E-state index in [0.717, 1.165) is 11.1 Å². The van der Waals surface area contributed by atoms with Crippen LogP contribution in [0.1, 0.15) is 17.3 Å². The summed E-state index contributed by atoms with van der Waals surface area (Å²) in [4.78, 5) is 23.1. The highest BCUT2D eigenvalue weighted by atomic mass is 16.1. The molecule has 3 rings (SSSR count). The molecule has 5 nitrogen and oxygen atoms in total. The number of aromatic nitrogens is 3. The standard InChI is InChI=1S/C17H16N4O/c18-15(12-5-2-1-3-6-12)9-14-10-16(22)21-17(20-14)13-7-4-8-19-11-13/h1-8,10-11,15H,9,18H2,(H,20,21,22). The lowest BCUT2D eigenvalue weighted by Crippen LogP contribution is -2.17. The monoisotopic (exact) mass is 292 g/mol. The van der Waals surface area contributed by atoms with Crippen molar-refractivity contribution in [3.63, 3.8) is 0 Å². The fourth-order valence-corrected chi connectivity index (χ4v) is 2.30. The van der Waals surface area contributed by atoms with E-state index in [1.165, 1.54) is 6.07 Å². The maximum atomic E-state index is 11.8. The maximum Gasteiger partial charge on any atom is 0.251 e. The molecule has 1 atom stereocenters. The molecule has 22 heavy (non-hydrogen) atoms.